The molecule has 1 N–H and O–H groups in total. The number of halogens is 2. The Labute approximate surface area is 275 Å². The van der Waals surface area contributed by atoms with Crippen LogP contribution in [0.2, 0.25) is 0 Å². The highest BCUT2D eigenvalue weighted by Crippen LogP contribution is 2.58. The summed E-state index contributed by atoms with van der Waals surface area (Å²) in [6.07, 6.45) is 2.38. The molecule has 1 aliphatic carbocycles. The van der Waals surface area contributed by atoms with E-state index in [0.29, 0.717) is 6.42 Å². The van der Waals surface area contributed by atoms with E-state index in [1.54, 1.807) is 0 Å². The number of allylic oxidation sites excluding steroid dienone is 1. The van der Waals surface area contributed by atoms with E-state index in [4.69, 9.17) is 23.2 Å². The molecule has 2 nitrogen and oxygen atoms in total. The van der Waals surface area contributed by atoms with Crippen molar-refractivity contribution in [3.05, 3.63) is 89.5 Å². The van der Waals surface area contributed by atoms with E-state index in [2.05, 4.69) is 123 Å². The lowest BCUT2D eigenvalue weighted by Crippen LogP contribution is -2.54. The molecule has 3 aromatic carbocycles. The van der Waals surface area contributed by atoms with Crippen molar-refractivity contribution in [3.8, 4) is 0 Å². The van der Waals surface area contributed by atoms with Gasteiger partial charge in [0, 0.05) is 17.2 Å². The largest absolute Gasteiger partial charge is 0.385 e. The standard InChI is InChI=1S/C40H51Cl2NO/c1-35(2,3)24-38(10,11)39(41)23-31(26-15-13-12-14-16-26)34(44)40(42,25-39)43-32-19-17-27(36(4,5)6)21-29(32)30-22-28(37(7,8)9)18-20-33(30)43/h12-23,34,44H,24-25H2,1-11H3. The predicted octanol–water partition coefficient (Wildman–Crippen LogP) is 11.6. The Morgan fingerprint density at radius 1 is 0.727 bits per heavy atom. The van der Waals surface area contributed by atoms with Crippen molar-refractivity contribution in [2.75, 3.05) is 0 Å². The van der Waals surface area contributed by atoms with Crippen molar-refractivity contribution >= 4 is 50.6 Å². The third-order valence-corrected chi connectivity index (χ3v) is 10.9. The average molecular weight is 633 g/mol. The first-order chi connectivity index (χ1) is 20.1. The number of rotatable bonds is 4. The molecule has 1 aliphatic rings. The van der Waals surface area contributed by atoms with Crippen LogP contribution >= 0.6 is 23.2 Å². The first kappa shape index (κ1) is 33.1. The third-order valence-electron chi connectivity index (χ3n) is 9.68. The summed E-state index contributed by atoms with van der Waals surface area (Å²) >= 11 is 15.9. The number of aliphatic hydroxyl groups is 1. The molecule has 1 aromatic heterocycles. The highest BCUT2D eigenvalue weighted by atomic mass is 35.5. The summed E-state index contributed by atoms with van der Waals surface area (Å²) in [6.45, 7) is 24.8. The van der Waals surface area contributed by atoms with E-state index in [0.717, 1.165) is 39.4 Å². The summed E-state index contributed by atoms with van der Waals surface area (Å²) in [4.78, 5) is -2.07. The molecular weight excluding hydrogens is 581 g/mol. The molecule has 5 rings (SSSR count). The highest BCUT2D eigenvalue weighted by Gasteiger charge is 2.56. The van der Waals surface area contributed by atoms with E-state index in [9.17, 15) is 5.11 Å². The second kappa shape index (κ2) is 10.6. The van der Waals surface area contributed by atoms with Crippen LogP contribution in [-0.2, 0) is 15.8 Å². The molecule has 0 bridgehead atoms. The number of hydrogen-bond donors (Lipinski definition) is 1. The second-order valence-electron chi connectivity index (χ2n) is 17.1. The smallest absolute Gasteiger partial charge is 0.151 e. The van der Waals surface area contributed by atoms with Crippen molar-refractivity contribution in [2.24, 2.45) is 10.8 Å². The molecular formula is C40H51Cl2NO. The Morgan fingerprint density at radius 2 is 1.20 bits per heavy atom. The van der Waals surface area contributed by atoms with Gasteiger partial charge in [0.1, 0.15) is 6.10 Å². The zero-order valence-corrected chi connectivity index (χ0v) is 30.1. The molecule has 0 fully saturated rings. The molecule has 236 valence electrons. The average Bonchev–Trinajstić information content (AvgIpc) is 3.23. The fourth-order valence-corrected chi connectivity index (χ4v) is 8.38. The quantitative estimate of drug-likeness (QED) is 0.223. The first-order valence-electron chi connectivity index (χ1n) is 16.0. The molecule has 1 heterocycles. The summed E-state index contributed by atoms with van der Waals surface area (Å²) in [5.74, 6) is 0. The van der Waals surface area contributed by atoms with Crippen LogP contribution in [-0.4, -0.2) is 20.7 Å². The molecule has 0 amide bonds. The minimum absolute atomic E-state index is 0.0151. The highest BCUT2D eigenvalue weighted by molar-refractivity contribution is 6.30. The van der Waals surface area contributed by atoms with E-state index >= 15 is 0 Å². The van der Waals surface area contributed by atoms with Gasteiger partial charge in [-0.25, -0.2) is 0 Å². The minimum Gasteiger partial charge on any atom is -0.385 e. The van der Waals surface area contributed by atoms with E-state index < -0.39 is 16.0 Å². The Hall–Kier alpha value is -2.26. The van der Waals surface area contributed by atoms with E-state index in [-0.39, 0.29) is 21.7 Å². The normalized spacial score (nSPS) is 23.8. The van der Waals surface area contributed by atoms with Gasteiger partial charge >= 0.3 is 0 Å². The molecule has 0 spiro atoms. The van der Waals surface area contributed by atoms with Crippen LogP contribution in [0, 0.1) is 10.8 Å². The number of aromatic nitrogens is 1. The van der Waals surface area contributed by atoms with Crippen LogP contribution < -0.4 is 0 Å². The Morgan fingerprint density at radius 3 is 1.64 bits per heavy atom. The SMILES string of the molecule is CC(C)(C)CC(C)(C)C1(Cl)C=C(c2ccccc2)C(O)C(Cl)(n2c3ccc(C(C)(C)C)cc3c3cc(C(C)(C)C)ccc32)C1. The Kier molecular flexibility index (Phi) is 8.01. The molecule has 0 saturated heterocycles. The monoisotopic (exact) mass is 631 g/mol. The molecule has 0 radical (unpaired) electrons. The van der Waals surface area contributed by atoms with Crippen LogP contribution in [0.1, 0.15) is 106 Å². The van der Waals surface area contributed by atoms with Gasteiger partial charge in [-0.2, -0.15) is 0 Å². The molecule has 4 aromatic rings. The number of benzene rings is 3. The topological polar surface area (TPSA) is 25.2 Å². The van der Waals surface area contributed by atoms with E-state index in [1.165, 1.54) is 11.1 Å². The fourth-order valence-electron chi connectivity index (χ4n) is 7.41. The molecule has 0 saturated carbocycles. The number of nitrogens with zero attached hydrogens (tertiary/aromatic N) is 1. The van der Waals surface area contributed by atoms with Gasteiger partial charge in [0.05, 0.1) is 15.9 Å². The summed E-state index contributed by atoms with van der Waals surface area (Å²) in [6, 6.07) is 23.6. The van der Waals surface area contributed by atoms with Gasteiger partial charge in [0.25, 0.3) is 0 Å². The van der Waals surface area contributed by atoms with Gasteiger partial charge in [-0.1, -0.05) is 136 Å². The van der Waals surface area contributed by atoms with Gasteiger partial charge < -0.3 is 9.67 Å². The Bertz CT molecular complexity index is 1650. The van der Waals surface area contributed by atoms with Gasteiger partial charge in [-0.05, 0) is 74.6 Å². The number of fused-ring (bicyclic) bond motifs is 3. The van der Waals surface area contributed by atoms with Crippen LogP contribution in [0.3, 0.4) is 0 Å². The van der Waals surface area contributed by atoms with Gasteiger partial charge in [0.15, 0.2) is 5.00 Å². The van der Waals surface area contributed by atoms with Crippen LogP contribution in [0.25, 0.3) is 27.4 Å². The number of hydrogen-bond acceptors (Lipinski definition) is 1. The number of alkyl halides is 2. The first-order valence-corrected chi connectivity index (χ1v) is 16.8. The van der Waals surface area contributed by atoms with Crippen molar-refractivity contribution < 1.29 is 5.11 Å². The van der Waals surface area contributed by atoms with Crippen LogP contribution in [0.5, 0.6) is 0 Å². The van der Waals surface area contributed by atoms with Crippen molar-refractivity contribution in [2.45, 2.75) is 116 Å². The maximum atomic E-state index is 12.5. The summed E-state index contributed by atoms with van der Waals surface area (Å²) < 4.78 is 2.20. The van der Waals surface area contributed by atoms with Crippen molar-refractivity contribution in [1.82, 2.24) is 4.57 Å². The lowest BCUT2D eigenvalue weighted by atomic mass is 9.63. The van der Waals surface area contributed by atoms with Gasteiger partial charge in [-0.3, -0.25) is 0 Å². The van der Waals surface area contributed by atoms with Crippen molar-refractivity contribution in [1.29, 1.82) is 0 Å². The van der Waals surface area contributed by atoms with Crippen LogP contribution in [0.4, 0.5) is 0 Å². The minimum atomic E-state index is -1.25. The summed E-state index contributed by atoms with van der Waals surface area (Å²) in [5, 5.41) is 14.7. The van der Waals surface area contributed by atoms with Crippen LogP contribution in [0.15, 0.2) is 72.8 Å². The molecule has 3 unspecified atom stereocenters. The molecule has 4 heteroatoms. The summed E-state index contributed by atoms with van der Waals surface area (Å²) in [7, 11) is 0. The van der Waals surface area contributed by atoms with E-state index in [1.807, 2.05) is 30.3 Å². The van der Waals surface area contributed by atoms with Gasteiger partial charge in [-0.15, -0.1) is 11.6 Å². The maximum Gasteiger partial charge on any atom is 0.151 e. The Balaban J connectivity index is 1.85. The van der Waals surface area contributed by atoms with Gasteiger partial charge in [0.2, 0.25) is 0 Å². The predicted molar refractivity (Wildman–Crippen MR) is 192 cm³/mol. The zero-order chi connectivity index (χ0) is 32.7. The lowest BCUT2D eigenvalue weighted by Gasteiger charge is -2.52. The second-order valence-corrected chi connectivity index (χ2v) is 18.5. The third kappa shape index (κ3) is 5.76. The lowest BCUT2D eigenvalue weighted by molar-refractivity contribution is 0.0857. The maximum absolute atomic E-state index is 12.5. The summed E-state index contributed by atoms with van der Waals surface area (Å²) in [5.41, 5.74) is 5.95. The molecule has 44 heavy (non-hydrogen) atoms. The number of aliphatic hydroxyl groups excluding tert-OH is 1. The molecule has 0 aliphatic heterocycles. The zero-order valence-electron chi connectivity index (χ0n) is 28.6. The molecule has 3 atom stereocenters. The van der Waals surface area contributed by atoms with Crippen molar-refractivity contribution in [3.63, 3.8) is 0 Å². The fraction of sp³-hybridized carbons (Fsp3) is 0.500.